The van der Waals surface area contributed by atoms with E-state index in [-0.39, 0.29) is 24.9 Å². The lowest BCUT2D eigenvalue weighted by Crippen LogP contribution is -2.36. The summed E-state index contributed by atoms with van der Waals surface area (Å²) in [6.07, 6.45) is 0. The number of benzene rings is 2. The Morgan fingerprint density at radius 2 is 1.50 bits per heavy atom. The Labute approximate surface area is 142 Å². The van der Waals surface area contributed by atoms with Crippen molar-refractivity contribution in [1.29, 1.82) is 0 Å². The summed E-state index contributed by atoms with van der Waals surface area (Å²) in [5.74, 6) is -0.290. The molecule has 0 heterocycles. The van der Waals surface area contributed by atoms with Crippen LogP contribution in [0, 0.1) is 13.8 Å². The zero-order chi connectivity index (χ0) is 17.5. The molecule has 2 aromatic rings. The van der Waals surface area contributed by atoms with Crippen LogP contribution < -0.4 is 10.6 Å². The van der Waals surface area contributed by atoms with Crippen molar-refractivity contribution < 1.29 is 9.59 Å². The van der Waals surface area contributed by atoms with Crippen LogP contribution in [0.5, 0.6) is 0 Å². The Morgan fingerprint density at radius 3 is 2.17 bits per heavy atom. The molecule has 0 aliphatic carbocycles. The number of hydrogen-bond acceptors (Lipinski definition) is 3. The van der Waals surface area contributed by atoms with Crippen LogP contribution in [0.15, 0.2) is 48.5 Å². The van der Waals surface area contributed by atoms with Gasteiger partial charge in [0, 0.05) is 11.4 Å². The molecule has 0 aliphatic rings. The second kappa shape index (κ2) is 8.26. The first-order valence-electron chi connectivity index (χ1n) is 7.85. The second-order valence-corrected chi connectivity index (χ2v) is 5.88. The lowest BCUT2D eigenvalue weighted by molar-refractivity contribution is -0.119. The van der Waals surface area contributed by atoms with Gasteiger partial charge >= 0.3 is 0 Å². The summed E-state index contributed by atoms with van der Waals surface area (Å²) in [5, 5.41) is 5.69. The number of carbonyl (C=O) groups is 2. The van der Waals surface area contributed by atoms with E-state index in [2.05, 4.69) is 10.6 Å². The molecule has 0 atom stereocenters. The van der Waals surface area contributed by atoms with Gasteiger partial charge in [-0.1, -0.05) is 30.3 Å². The predicted octanol–water partition coefficient (Wildman–Crippen LogP) is 2.81. The summed E-state index contributed by atoms with van der Waals surface area (Å²) in [4.78, 5) is 25.8. The average Bonchev–Trinajstić information content (AvgIpc) is 2.52. The van der Waals surface area contributed by atoms with Crippen molar-refractivity contribution in [2.24, 2.45) is 0 Å². The molecular formula is C19H23N3O2. The van der Waals surface area contributed by atoms with E-state index < -0.39 is 0 Å². The van der Waals surface area contributed by atoms with Crippen LogP contribution in [0.1, 0.15) is 11.1 Å². The predicted molar refractivity (Wildman–Crippen MR) is 97.1 cm³/mol. The summed E-state index contributed by atoms with van der Waals surface area (Å²) in [6.45, 7) is 4.28. The van der Waals surface area contributed by atoms with Crippen molar-refractivity contribution in [1.82, 2.24) is 4.90 Å². The summed E-state index contributed by atoms with van der Waals surface area (Å²) >= 11 is 0. The van der Waals surface area contributed by atoms with E-state index in [4.69, 9.17) is 0 Å². The van der Waals surface area contributed by atoms with Gasteiger partial charge in [-0.25, -0.2) is 0 Å². The Balaban J connectivity index is 1.83. The molecule has 24 heavy (non-hydrogen) atoms. The molecule has 5 nitrogen and oxygen atoms in total. The Bertz CT molecular complexity index is 714. The lowest BCUT2D eigenvalue weighted by atomic mass is 10.1. The zero-order valence-corrected chi connectivity index (χ0v) is 14.3. The van der Waals surface area contributed by atoms with Crippen LogP contribution in [0.4, 0.5) is 11.4 Å². The fourth-order valence-electron chi connectivity index (χ4n) is 2.34. The van der Waals surface area contributed by atoms with Gasteiger partial charge in [-0.2, -0.15) is 0 Å². The van der Waals surface area contributed by atoms with E-state index in [9.17, 15) is 9.59 Å². The van der Waals surface area contributed by atoms with Gasteiger partial charge < -0.3 is 10.6 Å². The van der Waals surface area contributed by atoms with Crippen molar-refractivity contribution in [2.45, 2.75) is 13.8 Å². The molecule has 2 rings (SSSR count). The maximum atomic E-state index is 12.1. The van der Waals surface area contributed by atoms with Gasteiger partial charge in [-0.05, 0) is 50.2 Å². The third kappa shape index (κ3) is 5.21. The van der Waals surface area contributed by atoms with Gasteiger partial charge in [-0.3, -0.25) is 14.5 Å². The molecule has 0 bridgehead atoms. The van der Waals surface area contributed by atoms with Crippen LogP contribution in [0.25, 0.3) is 0 Å². The van der Waals surface area contributed by atoms with Crippen molar-refractivity contribution in [3.63, 3.8) is 0 Å². The second-order valence-electron chi connectivity index (χ2n) is 5.88. The van der Waals surface area contributed by atoms with E-state index in [0.29, 0.717) is 0 Å². The molecule has 0 fully saturated rings. The molecule has 2 aromatic carbocycles. The Kier molecular flexibility index (Phi) is 6.09. The highest BCUT2D eigenvalue weighted by molar-refractivity contribution is 5.95. The van der Waals surface area contributed by atoms with Gasteiger partial charge in [0.05, 0.1) is 13.1 Å². The highest BCUT2D eigenvalue weighted by Crippen LogP contribution is 2.17. The number of amides is 2. The molecule has 0 saturated heterocycles. The fraction of sp³-hybridized carbons (Fsp3) is 0.263. The molecular weight excluding hydrogens is 302 g/mol. The van der Waals surface area contributed by atoms with E-state index in [1.54, 1.807) is 11.9 Å². The average molecular weight is 325 g/mol. The van der Waals surface area contributed by atoms with Crippen molar-refractivity contribution in [3.05, 3.63) is 59.7 Å². The summed E-state index contributed by atoms with van der Waals surface area (Å²) in [5.41, 5.74) is 3.73. The molecule has 0 saturated carbocycles. The summed E-state index contributed by atoms with van der Waals surface area (Å²) < 4.78 is 0. The quantitative estimate of drug-likeness (QED) is 0.858. The van der Waals surface area contributed by atoms with Crippen LogP contribution in [-0.2, 0) is 9.59 Å². The van der Waals surface area contributed by atoms with Crippen LogP contribution in [-0.4, -0.2) is 36.9 Å². The van der Waals surface area contributed by atoms with Gasteiger partial charge in [0.25, 0.3) is 0 Å². The molecule has 126 valence electrons. The topological polar surface area (TPSA) is 61.4 Å². The normalized spacial score (nSPS) is 10.5. The number of carbonyl (C=O) groups excluding carboxylic acids is 2. The largest absolute Gasteiger partial charge is 0.325 e. The number of aryl methyl sites for hydroxylation is 1. The van der Waals surface area contributed by atoms with Crippen molar-refractivity contribution in [2.75, 3.05) is 30.8 Å². The Hall–Kier alpha value is -2.66. The smallest absolute Gasteiger partial charge is 0.238 e. The first kappa shape index (κ1) is 17.7. The minimum Gasteiger partial charge on any atom is -0.325 e. The molecule has 0 spiro atoms. The van der Waals surface area contributed by atoms with Crippen LogP contribution in [0.3, 0.4) is 0 Å². The fourth-order valence-corrected chi connectivity index (χ4v) is 2.34. The molecule has 0 aliphatic heterocycles. The molecule has 0 aromatic heterocycles. The third-order valence-corrected chi connectivity index (χ3v) is 3.76. The first-order chi connectivity index (χ1) is 11.5. The van der Waals surface area contributed by atoms with Gasteiger partial charge in [0.15, 0.2) is 0 Å². The van der Waals surface area contributed by atoms with Gasteiger partial charge in [0.2, 0.25) is 11.8 Å². The number of likely N-dealkylation sites (N-methyl/N-ethyl adjacent to an activating group) is 1. The zero-order valence-electron chi connectivity index (χ0n) is 14.3. The van der Waals surface area contributed by atoms with E-state index in [0.717, 1.165) is 22.5 Å². The van der Waals surface area contributed by atoms with Gasteiger partial charge in [0.1, 0.15) is 0 Å². The van der Waals surface area contributed by atoms with Crippen molar-refractivity contribution in [3.8, 4) is 0 Å². The third-order valence-electron chi connectivity index (χ3n) is 3.76. The molecule has 0 unspecified atom stereocenters. The first-order valence-corrected chi connectivity index (χ1v) is 7.85. The number of rotatable bonds is 6. The van der Waals surface area contributed by atoms with E-state index in [1.807, 2.05) is 62.4 Å². The standard InChI is InChI=1S/C19H23N3O2/c1-14-8-7-11-17(15(14)2)21-19(24)13-22(3)12-18(23)20-16-9-5-4-6-10-16/h4-11H,12-13H2,1-3H3,(H,20,23)(H,21,24). The monoisotopic (exact) mass is 325 g/mol. The van der Waals surface area contributed by atoms with E-state index >= 15 is 0 Å². The van der Waals surface area contributed by atoms with Crippen LogP contribution >= 0.6 is 0 Å². The minimum atomic E-state index is -0.150. The van der Waals surface area contributed by atoms with Crippen molar-refractivity contribution >= 4 is 23.2 Å². The molecule has 2 amide bonds. The summed E-state index contributed by atoms with van der Waals surface area (Å²) in [6, 6.07) is 15.0. The van der Waals surface area contributed by atoms with E-state index in [1.165, 1.54) is 0 Å². The number of para-hydroxylation sites is 1. The molecule has 2 N–H and O–H groups in total. The van der Waals surface area contributed by atoms with Gasteiger partial charge in [-0.15, -0.1) is 0 Å². The molecule has 5 heteroatoms. The highest BCUT2D eigenvalue weighted by Gasteiger charge is 2.12. The van der Waals surface area contributed by atoms with Crippen LogP contribution in [0.2, 0.25) is 0 Å². The number of anilines is 2. The maximum Gasteiger partial charge on any atom is 0.238 e. The summed E-state index contributed by atoms with van der Waals surface area (Å²) in [7, 11) is 1.74. The Morgan fingerprint density at radius 1 is 0.875 bits per heavy atom. The number of nitrogens with one attached hydrogen (secondary N) is 2. The number of nitrogens with zero attached hydrogens (tertiary/aromatic N) is 1. The highest BCUT2D eigenvalue weighted by atomic mass is 16.2. The SMILES string of the molecule is Cc1cccc(NC(=O)CN(C)CC(=O)Nc2ccccc2)c1C. The minimum absolute atomic E-state index is 0.140. The lowest BCUT2D eigenvalue weighted by Gasteiger charge is -2.17. The number of hydrogen-bond donors (Lipinski definition) is 2. The maximum absolute atomic E-state index is 12.1. The molecule has 0 radical (unpaired) electrons.